The quantitative estimate of drug-likeness (QED) is 0.578. The predicted octanol–water partition coefficient (Wildman–Crippen LogP) is 2.81. The molecule has 2 aromatic carbocycles. The third-order valence-corrected chi connectivity index (χ3v) is 2.24. The lowest BCUT2D eigenvalue weighted by atomic mass is 10.2. The molecule has 0 heterocycles. The number of aryl methyl sites for hydroxylation is 2. The van der Waals surface area contributed by atoms with E-state index in [9.17, 15) is 0 Å². The van der Waals surface area contributed by atoms with Crippen LogP contribution in [0.4, 0.5) is 0 Å². The van der Waals surface area contributed by atoms with E-state index < -0.39 is 0 Å². The van der Waals surface area contributed by atoms with Crippen molar-refractivity contribution >= 4 is 0 Å². The van der Waals surface area contributed by atoms with Crippen LogP contribution in [0.15, 0.2) is 36.4 Å². The van der Waals surface area contributed by atoms with Gasteiger partial charge in [0.1, 0.15) is 23.0 Å². The lowest BCUT2D eigenvalue weighted by Gasteiger charge is -1.96. The van der Waals surface area contributed by atoms with Crippen LogP contribution in [-0.2, 0) is 0 Å². The van der Waals surface area contributed by atoms with Crippen molar-refractivity contribution in [3.63, 3.8) is 0 Å². The molecular weight excluding hydrogens is 232 g/mol. The highest BCUT2D eigenvalue weighted by atomic mass is 16.3. The van der Waals surface area contributed by atoms with E-state index in [1.807, 2.05) is 0 Å². The van der Waals surface area contributed by atoms with Crippen molar-refractivity contribution in [2.75, 3.05) is 0 Å². The highest BCUT2D eigenvalue weighted by Gasteiger charge is 1.94. The fraction of sp³-hybridized carbons (Fsp3) is 0.143. The van der Waals surface area contributed by atoms with Crippen LogP contribution in [0.25, 0.3) is 0 Å². The summed E-state index contributed by atoms with van der Waals surface area (Å²) in [6.45, 7) is 3.58. The number of benzene rings is 2. The van der Waals surface area contributed by atoms with Crippen LogP contribution in [0.3, 0.4) is 0 Å². The molecule has 4 nitrogen and oxygen atoms in total. The van der Waals surface area contributed by atoms with Gasteiger partial charge < -0.3 is 20.4 Å². The first kappa shape index (κ1) is 13.7. The molecule has 0 saturated carbocycles. The molecule has 0 aliphatic carbocycles. The maximum Gasteiger partial charge on any atom is 0.122 e. The van der Waals surface area contributed by atoms with Crippen LogP contribution in [0.5, 0.6) is 23.0 Å². The van der Waals surface area contributed by atoms with E-state index in [1.165, 1.54) is 18.2 Å². The molecule has 4 N–H and O–H groups in total. The first-order valence-corrected chi connectivity index (χ1v) is 5.36. The van der Waals surface area contributed by atoms with Gasteiger partial charge in [0.2, 0.25) is 0 Å². The highest BCUT2D eigenvalue weighted by molar-refractivity contribution is 5.37. The molecule has 4 heteroatoms. The first-order valence-electron chi connectivity index (χ1n) is 5.36. The number of rotatable bonds is 0. The van der Waals surface area contributed by atoms with Gasteiger partial charge in [0, 0.05) is 12.1 Å². The van der Waals surface area contributed by atoms with Gasteiger partial charge >= 0.3 is 0 Å². The Morgan fingerprint density at radius 2 is 1.22 bits per heavy atom. The molecule has 0 aromatic heterocycles. The molecule has 2 aromatic rings. The van der Waals surface area contributed by atoms with Gasteiger partial charge in [-0.15, -0.1) is 0 Å². The fourth-order valence-corrected chi connectivity index (χ4v) is 1.34. The highest BCUT2D eigenvalue weighted by Crippen LogP contribution is 2.20. The van der Waals surface area contributed by atoms with E-state index in [0.717, 1.165) is 11.1 Å². The molecule has 96 valence electrons. The standard InChI is InChI=1S/2C7H8O2/c1-5-2-6(8)4-7(9)3-5;1-5-2-3-6(8)4-7(5)9/h2*2-4,8-9H,1H3. The summed E-state index contributed by atoms with van der Waals surface area (Å²) in [6, 6.07) is 8.97. The summed E-state index contributed by atoms with van der Waals surface area (Å²) in [7, 11) is 0. The average Bonchev–Trinajstić information content (AvgIpc) is 2.23. The summed E-state index contributed by atoms with van der Waals surface area (Å²) >= 11 is 0. The van der Waals surface area contributed by atoms with E-state index in [1.54, 1.807) is 32.0 Å². The van der Waals surface area contributed by atoms with Gasteiger partial charge in [-0.3, -0.25) is 0 Å². The van der Waals surface area contributed by atoms with E-state index in [0.29, 0.717) is 0 Å². The second kappa shape index (κ2) is 5.82. The van der Waals surface area contributed by atoms with Gasteiger partial charge in [0.05, 0.1) is 0 Å². The van der Waals surface area contributed by atoms with E-state index in [-0.39, 0.29) is 23.0 Å². The van der Waals surface area contributed by atoms with E-state index in [4.69, 9.17) is 20.4 Å². The molecule has 0 atom stereocenters. The topological polar surface area (TPSA) is 80.9 Å². The normalized spacial score (nSPS) is 9.44. The summed E-state index contributed by atoms with van der Waals surface area (Å²) in [5.74, 6) is 0.438. The second-order valence-corrected chi connectivity index (χ2v) is 4.00. The Morgan fingerprint density at radius 3 is 1.61 bits per heavy atom. The van der Waals surface area contributed by atoms with Gasteiger partial charge in [-0.05, 0) is 43.2 Å². The molecule has 0 saturated heterocycles. The predicted molar refractivity (Wildman–Crippen MR) is 69.0 cm³/mol. The lowest BCUT2D eigenvalue weighted by molar-refractivity contribution is 0.447. The summed E-state index contributed by atoms with van der Waals surface area (Å²) in [5, 5.41) is 35.4. The monoisotopic (exact) mass is 248 g/mol. The molecule has 0 spiro atoms. The minimum Gasteiger partial charge on any atom is -0.508 e. The summed E-state index contributed by atoms with van der Waals surface area (Å²) in [4.78, 5) is 0. The molecule has 0 aliphatic rings. The van der Waals surface area contributed by atoms with Gasteiger partial charge in [0.15, 0.2) is 0 Å². The maximum atomic E-state index is 8.94. The van der Waals surface area contributed by atoms with Crippen molar-refractivity contribution < 1.29 is 20.4 Å². The Kier molecular flexibility index (Phi) is 4.43. The number of hydrogen-bond donors (Lipinski definition) is 4. The Balaban J connectivity index is 0.000000180. The van der Waals surface area contributed by atoms with Crippen LogP contribution in [-0.4, -0.2) is 20.4 Å². The first-order chi connectivity index (χ1) is 8.38. The Labute approximate surface area is 105 Å². The molecule has 18 heavy (non-hydrogen) atoms. The summed E-state index contributed by atoms with van der Waals surface area (Å²) in [5.41, 5.74) is 1.63. The van der Waals surface area contributed by atoms with Crippen molar-refractivity contribution in [3.05, 3.63) is 47.5 Å². The minimum atomic E-state index is 0.0955. The van der Waals surface area contributed by atoms with Crippen molar-refractivity contribution in [1.82, 2.24) is 0 Å². The number of aromatic hydroxyl groups is 4. The average molecular weight is 248 g/mol. The van der Waals surface area contributed by atoms with Crippen molar-refractivity contribution in [1.29, 1.82) is 0 Å². The Hall–Kier alpha value is -2.36. The third kappa shape index (κ3) is 4.25. The van der Waals surface area contributed by atoms with Gasteiger partial charge in [-0.2, -0.15) is 0 Å². The number of hydrogen-bond acceptors (Lipinski definition) is 4. The zero-order valence-electron chi connectivity index (χ0n) is 10.3. The molecule has 0 aliphatic heterocycles. The van der Waals surface area contributed by atoms with Crippen LogP contribution in [0.1, 0.15) is 11.1 Å². The second-order valence-electron chi connectivity index (χ2n) is 4.00. The molecule has 0 bridgehead atoms. The number of phenols is 4. The smallest absolute Gasteiger partial charge is 0.122 e. The number of phenolic OH excluding ortho intramolecular Hbond substituents is 4. The van der Waals surface area contributed by atoms with Crippen LogP contribution in [0.2, 0.25) is 0 Å². The molecule has 0 unspecified atom stereocenters. The maximum absolute atomic E-state index is 8.94. The van der Waals surface area contributed by atoms with E-state index >= 15 is 0 Å². The van der Waals surface area contributed by atoms with E-state index in [2.05, 4.69) is 0 Å². The van der Waals surface area contributed by atoms with Crippen molar-refractivity contribution in [2.45, 2.75) is 13.8 Å². The third-order valence-electron chi connectivity index (χ3n) is 2.24. The fourth-order valence-electron chi connectivity index (χ4n) is 1.34. The molecule has 0 radical (unpaired) electrons. The zero-order chi connectivity index (χ0) is 13.7. The Bertz CT molecular complexity index is 485. The van der Waals surface area contributed by atoms with Crippen LogP contribution >= 0.6 is 0 Å². The lowest BCUT2D eigenvalue weighted by Crippen LogP contribution is -1.71. The van der Waals surface area contributed by atoms with Crippen molar-refractivity contribution in [2.24, 2.45) is 0 Å². The largest absolute Gasteiger partial charge is 0.508 e. The molecule has 2 rings (SSSR count). The minimum absolute atomic E-state index is 0.0955. The molecule has 0 amide bonds. The molecule has 0 fully saturated rings. The Morgan fingerprint density at radius 1 is 0.667 bits per heavy atom. The zero-order valence-corrected chi connectivity index (χ0v) is 10.3. The van der Waals surface area contributed by atoms with Gasteiger partial charge in [-0.25, -0.2) is 0 Å². The summed E-state index contributed by atoms with van der Waals surface area (Å²) < 4.78 is 0. The SMILES string of the molecule is Cc1cc(O)cc(O)c1.Cc1ccc(O)cc1O. The van der Waals surface area contributed by atoms with Gasteiger partial charge in [-0.1, -0.05) is 6.07 Å². The van der Waals surface area contributed by atoms with Crippen molar-refractivity contribution in [3.8, 4) is 23.0 Å². The van der Waals surface area contributed by atoms with Crippen LogP contribution in [0, 0.1) is 13.8 Å². The van der Waals surface area contributed by atoms with Gasteiger partial charge in [0.25, 0.3) is 0 Å². The molecular formula is C14H16O4. The van der Waals surface area contributed by atoms with Crippen LogP contribution < -0.4 is 0 Å². The summed E-state index contributed by atoms with van der Waals surface area (Å²) in [6.07, 6.45) is 0.